The van der Waals surface area contributed by atoms with Crippen LogP contribution in [-0.2, 0) is 0 Å². The molecular weight excluding hydrogens is 204 g/mol. The third kappa shape index (κ3) is 7.17. The van der Waals surface area contributed by atoms with Gasteiger partial charge in [-0.25, -0.2) is 0 Å². The number of nitrogens with zero attached hydrogens (tertiary/aromatic N) is 1. The van der Waals surface area contributed by atoms with Crippen molar-refractivity contribution in [2.45, 2.75) is 39.9 Å². The fourth-order valence-electron chi connectivity index (χ4n) is 1.48. The van der Waals surface area contributed by atoms with Gasteiger partial charge in [-0.3, -0.25) is 0 Å². The van der Waals surface area contributed by atoms with E-state index in [1.807, 2.05) is 13.8 Å². The minimum absolute atomic E-state index is 0.257. The normalized spacial score (nSPS) is 15.8. The van der Waals surface area contributed by atoms with E-state index in [0.29, 0.717) is 19.6 Å². The van der Waals surface area contributed by atoms with Gasteiger partial charge < -0.3 is 20.4 Å². The minimum atomic E-state index is -0.362. The highest BCUT2D eigenvalue weighted by Crippen LogP contribution is 1.99. The van der Waals surface area contributed by atoms with Gasteiger partial charge in [-0.1, -0.05) is 27.7 Å². The number of hydrogen-bond acceptors (Lipinski definition) is 4. The molecule has 0 aromatic rings. The molecule has 0 aliphatic heterocycles. The Balaban J connectivity index is 3.61. The molecule has 2 unspecified atom stereocenters. The largest absolute Gasteiger partial charge is 0.392 e. The zero-order chi connectivity index (χ0) is 12.6. The van der Waals surface area contributed by atoms with E-state index in [1.54, 1.807) is 0 Å². The molecule has 0 bridgehead atoms. The van der Waals surface area contributed by atoms with Gasteiger partial charge in [0, 0.05) is 19.6 Å². The summed E-state index contributed by atoms with van der Waals surface area (Å²) in [5.41, 5.74) is 0. The lowest BCUT2D eigenvalue weighted by Crippen LogP contribution is -2.41. The fourth-order valence-corrected chi connectivity index (χ4v) is 1.48. The van der Waals surface area contributed by atoms with Crippen LogP contribution in [0.4, 0.5) is 0 Å². The Kier molecular flexibility index (Phi) is 8.84. The minimum Gasteiger partial charge on any atom is -0.392 e. The molecule has 0 aliphatic rings. The molecule has 0 rings (SSSR count). The van der Waals surface area contributed by atoms with Gasteiger partial charge in [-0.15, -0.1) is 0 Å². The lowest BCUT2D eigenvalue weighted by molar-refractivity contribution is 0.0973. The molecule has 98 valence electrons. The Morgan fingerprint density at radius 1 is 1.06 bits per heavy atom. The van der Waals surface area contributed by atoms with Gasteiger partial charge in [0.2, 0.25) is 0 Å². The first-order chi connectivity index (χ1) is 7.51. The maximum Gasteiger partial charge on any atom is 0.0791 e. The summed E-state index contributed by atoms with van der Waals surface area (Å²) in [5, 5.41) is 22.4. The molecule has 0 radical (unpaired) electrons. The number of likely N-dealkylation sites (N-methyl/N-ethyl adjacent to an activating group) is 1. The molecule has 3 N–H and O–H groups in total. The van der Waals surface area contributed by atoms with Crippen LogP contribution in [0.5, 0.6) is 0 Å². The van der Waals surface area contributed by atoms with Crippen LogP contribution in [0.25, 0.3) is 0 Å². The van der Waals surface area contributed by atoms with Crippen molar-refractivity contribution >= 4 is 0 Å². The first-order valence-corrected chi connectivity index (χ1v) is 6.30. The molecule has 4 heteroatoms. The monoisotopic (exact) mass is 232 g/mol. The summed E-state index contributed by atoms with van der Waals surface area (Å²) in [5.74, 6) is 0.257. The summed E-state index contributed by atoms with van der Waals surface area (Å²) in [4.78, 5) is 2.19. The Labute approximate surface area is 99.7 Å². The van der Waals surface area contributed by atoms with E-state index in [9.17, 15) is 10.2 Å². The van der Waals surface area contributed by atoms with E-state index in [4.69, 9.17) is 0 Å². The summed E-state index contributed by atoms with van der Waals surface area (Å²) >= 11 is 0. The van der Waals surface area contributed by atoms with Crippen molar-refractivity contribution < 1.29 is 10.2 Å². The Bertz CT molecular complexity index is 161. The van der Waals surface area contributed by atoms with Gasteiger partial charge in [0.05, 0.1) is 12.2 Å². The Morgan fingerprint density at radius 2 is 1.62 bits per heavy atom. The lowest BCUT2D eigenvalue weighted by atomic mass is 10.1. The van der Waals surface area contributed by atoms with Crippen LogP contribution in [-0.4, -0.2) is 60.0 Å². The highest BCUT2D eigenvalue weighted by molar-refractivity contribution is 4.68. The van der Waals surface area contributed by atoms with Gasteiger partial charge in [-0.2, -0.15) is 0 Å². The van der Waals surface area contributed by atoms with Crippen LogP contribution in [0.1, 0.15) is 27.7 Å². The molecule has 0 aliphatic carbocycles. The van der Waals surface area contributed by atoms with Crippen LogP contribution >= 0.6 is 0 Å². The third-order valence-electron chi connectivity index (χ3n) is 2.87. The number of aliphatic hydroxyl groups is 2. The van der Waals surface area contributed by atoms with E-state index in [2.05, 4.69) is 24.1 Å². The third-order valence-corrected chi connectivity index (χ3v) is 2.87. The van der Waals surface area contributed by atoms with E-state index in [-0.39, 0.29) is 18.1 Å². The molecule has 0 saturated heterocycles. The van der Waals surface area contributed by atoms with Crippen LogP contribution in [0.3, 0.4) is 0 Å². The molecule has 0 aromatic heterocycles. The molecule has 4 nitrogen and oxygen atoms in total. The second-order valence-corrected chi connectivity index (χ2v) is 4.61. The first kappa shape index (κ1) is 15.8. The molecule has 16 heavy (non-hydrogen) atoms. The summed E-state index contributed by atoms with van der Waals surface area (Å²) in [6.07, 6.45) is -0.695. The van der Waals surface area contributed by atoms with Gasteiger partial charge in [-0.05, 0) is 19.0 Å². The standard InChI is InChI=1S/C12H28N2O2/c1-5-14(6-2)9-11(15)7-13-8-12(16)10(3)4/h10-13,15-16H,5-9H2,1-4H3. The summed E-state index contributed by atoms with van der Waals surface area (Å²) in [7, 11) is 0. The van der Waals surface area contributed by atoms with Crippen LogP contribution in [0, 0.1) is 5.92 Å². The molecular formula is C12H28N2O2. The summed E-state index contributed by atoms with van der Waals surface area (Å²) in [6, 6.07) is 0. The zero-order valence-electron chi connectivity index (χ0n) is 11.1. The highest BCUT2D eigenvalue weighted by Gasteiger charge is 2.11. The first-order valence-electron chi connectivity index (χ1n) is 6.30. The number of nitrogens with one attached hydrogen (secondary N) is 1. The molecule has 0 saturated carbocycles. The van der Waals surface area contributed by atoms with Gasteiger partial charge in [0.15, 0.2) is 0 Å². The lowest BCUT2D eigenvalue weighted by Gasteiger charge is -2.23. The quantitative estimate of drug-likeness (QED) is 0.535. The molecule has 0 spiro atoms. The van der Waals surface area contributed by atoms with Crippen LogP contribution < -0.4 is 5.32 Å². The van der Waals surface area contributed by atoms with Gasteiger partial charge in [0.1, 0.15) is 0 Å². The van der Waals surface area contributed by atoms with Crippen LogP contribution in [0.15, 0.2) is 0 Å². The van der Waals surface area contributed by atoms with Crippen molar-refractivity contribution in [1.82, 2.24) is 10.2 Å². The topological polar surface area (TPSA) is 55.7 Å². The van der Waals surface area contributed by atoms with Crippen molar-refractivity contribution in [2.75, 3.05) is 32.7 Å². The van der Waals surface area contributed by atoms with Crippen molar-refractivity contribution in [3.63, 3.8) is 0 Å². The summed E-state index contributed by atoms with van der Waals surface area (Å²) < 4.78 is 0. The predicted octanol–water partition coefficient (Wildman–Crippen LogP) is 0.296. The Morgan fingerprint density at radius 3 is 2.06 bits per heavy atom. The predicted molar refractivity (Wildman–Crippen MR) is 67.5 cm³/mol. The second kappa shape index (κ2) is 8.93. The van der Waals surface area contributed by atoms with E-state index in [0.717, 1.165) is 13.1 Å². The van der Waals surface area contributed by atoms with E-state index in [1.165, 1.54) is 0 Å². The maximum absolute atomic E-state index is 9.75. The Hall–Kier alpha value is -0.160. The molecule has 2 atom stereocenters. The SMILES string of the molecule is CCN(CC)CC(O)CNCC(O)C(C)C. The van der Waals surface area contributed by atoms with Crippen molar-refractivity contribution in [2.24, 2.45) is 5.92 Å². The van der Waals surface area contributed by atoms with Crippen molar-refractivity contribution in [3.05, 3.63) is 0 Å². The second-order valence-electron chi connectivity index (χ2n) is 4.61. The number of rotatable bonds is 9. The van der Waals surface area contributed by atoms with Gasteiger partial charge >= 0.3 is 0 Å². The molecule has 0 heterocycles. The molecule has 0 fully saturated rings. The van der Waals surface area contributed by atoms with Crippen molar-refractivity contribution in [1.29, 1.82) is 0 Å². The average molecular weight is 232 g/mol. The smallest absolute Gasteiger partial charge is 0.0791 e. The average Bonchev–Trinajstić information content (AvgIpc) is 2.25. The van der Waals surface area contributed by atoms with Gasteiger partial charge in [0.25, 0.3) is 0 Å². The van der Waals surface area contributed by atoms with E-state index < -0.39 is 0 Å². The fraction of sp³-hybridized carbons (Fsp3) is 1.00. The number of hydrogen-bond donors (Lipinski definition) is 3. The molecule has 0 aromatic carbocycles. The number of aliphatic hydroxyl groups excluding tert-OH is 2. The summed E-state index contributed by atoms with van der Waals surface area (Å²) in [6.45, 7) is 11.9. The highest BCUT2D eigenvalue weighted by atomic mass is 16.3. The molecule has 0 amide bonds. The maximum atomic E-state index is 9.75. The zero-order valence-corrected chi connectivity index (χ0v) is 11.1. The van der Waals surface area contributed by atoms with Crippen molar-refractivity contribution in [3.8, 4) is 0 Å². The van der Waals surface area contributed by atoms with E-state index >= 15 is 0 Å². The van der Waals surface area contributed by atoms with Crippen LogP contribution in [0.2, 0.25) is 0 Å².